The van der Waals surface area contributed by atoms with Gasteiger partial charge < -0.3 is 9.47 Å². The van der Waals surface area contributed by atoms with E-state index in [1.807, 2.05) is 54.6 Å². The molecule has 0 fully saturated rings. The van der Waals surface area contributed by atoms with Crippen LogP contribution in [0.1, 0.15) is 5.56 Å². The van der Waals surface area contributed by atoms with Crippen molar-refractivity contribution >= 4 is 54.4 Å². The lowest BCUT2D eigenvalue weighted by Crippen LogP contribution is -2.25. The minimum absolute atomic E-state index is 0.339. The molecule has 1 aromatic heterocycles. The van der Waals surface area contributed by atoms with Crippen LogP contribution in [0.2, 0.25) is 0 Å². The van der Waals surface area contributed by atoms with Gasteiger partial charge in [-0.15, -0.1) is 0 Å². The Bertz CT molecular complexity index is 1200. The summed E-state index contributed by atoms with van der Waals surface area (Å²) in [6, 6.07) is 17.3. The molecule has 1 atom stereocenters. The van der Waals surface area contributed by atoms with Crippen LogP contribution in [0.4, 0.5) is 5.13 Å². The van der Waals surface area contributed by atoms with Crippen molar-refractivity contribution in [1.82, 2.24) is 9.36 Å². The molecule has 6 nitrogen and oxygen atoms in total. The van der Waals surface area contributed by atoms with Crippen LogP contribution < -0.4 is 13.8 Å². The van der Waals surface area contributed by atoms with Gasteiger partial charge in [0, 0.05) is 27.6 Å². The second kappa shape index (κ2) is 9.11. The highest BCUT2D eigenvalue weighted by Crippen LogP contribution is 2.31. The quantitative estimate of drug-likeness (QED) is 0.346. The van der Waals surface area contributed by atoms with Crippen LogP contribution in [-0.2, 0) is 17.5 Å². The maximum atomic E-state index is 13.6. The number of hydrogen-bond donors (Lipinski definition) is 0. The minimum Gasteiger partial charge on any atom is -0.497 e. The molecule has 1 heterocycles. The SMILES string of the molecule is COc1ccc(CN(c2ncns2)S(=O)c2ccc3c(Br)cccc3c2)c(OC)c1. The average molecular weight is 504 g/mol. The Balaban J connectivity index is 1.72. The summed E-state index contributed by atoms with van der Waals surface area (Å²) in [7, 11) is 1.72. The number of benzene rings is 3. The fraction of sp³-hybridized carbons (Fsp3) is 0.143. The van der Waals surface area contributed by atoms with Gasteiger partial charge in [-0.25, -0.2) is 9.19 Å². The number of rotatable bonds is 7. The summed E-state index contributed by atoms with van der Waals surface area (Å²) in [6.07, 6.45) is 1.47. The van der Waals surface area contributed by atoms with Crippen LogP contribution in [0.25, 0.3) is 10.8 Å². The summed E-state index contributed by atoms with van der Waals surface area (Å²) in [5, 5.41) is 2.65. The fourth-order valence-electron chi connectivity index (χ4n) is 3.07. The molecule has 0 saturated carbocycles. The molecular weight excluding hydrogens is 486 g/mol. The van der Waals surface area contributed by atoms with Crippen molar-refractivity contribution in [3.05, 3.63) is 71.0 Å². The molecular formula is C21H18BrN3O3S2. The standard InChI is InChI=1S/C21H18BrN3O3S2/c1-27-16-7-6-15(20(11-16)28-2)12-25(21-23-13-24-29-21)30(26)17-8-9-18-14(10-17)4-3-5-19(18)22/h3-11,13H,12H2,1-2H3. The molecule has 3 aromatic carbocycles. The summed E-state index contributed by atoms with van der Waals surface area (Å²) in [5.74, 6) is 1.35. The smallest absolute Gasteiger partial charge is 0.217 e. The summed E-state index contributed by atoms with van der Waals surface area (Å²) < 4.78 is 31.2. The Morgan fingerprint density at radius 3 is 2.70 bits per heavy atom. The maximum absolute atomic E-state index is 13.6. The first-order valence-corrected chi connectivity index (χ1v) is 11.6. The van der Waals surface area contributed by atoms with Crippen LogP contribution in [0, 0.1) is 0 Å². The number of nitrogens with zero attached hydrogens (tertiary/aromatic N) is 3. The van der Waals surface area contributed by atoms with Crippen molar-refractivity contribution in [2.45, 2.75) is 11.4 Å². The zero-order chi connectivity index (χ0) is 21.1. The largest absolute Gasteiger partial charge is 0.497 e. The maximum Gasteiger partial charge on any atom is 0.217 e. The van der Waals surface area contributed by atoms with Crippen LogP contribution >= 0.6 is 27.5 Å². The lowest BCUT2D eigenvalue weighted by molar-refractivity contribution is 0.391. The van der Waals surface area contributed by atoms with Gasteiger partial charge in [0.1, 0.15) is 17.8 Å². The van der Waals surface area contributed by atoms with Gasteiger partial charge in [-0.05, 0) is 41.1 Å². The molecule has 154 valence electrons. The second-order valence-electron chi connectivity index (χ2n) is 6.31. The van der Waals surface area contributed by atoms with Crippen molar-refractivity contribution in [2.75, 3.05) is 18.5 Å². The molecule has 0 aliphatic heterocycles. The molecule has 0 spiro atoms. The van der Waals surface area contributed by atoms with Gasteiger partial charge in [-0.3, -0.25) is 4.31 Å². The Labute approximate surface area is 189 Å². The Morgan fingerprint density at radius 1 is 1.10 bits per heavy atom. The third-order valence-corrected chi connectivity index (χ3v) is 7.43. The van der Waals surface area contributed by atoms with E-state index in [9.17, 15) is 4.21 Å². The normalized spacial score (nSPS) is 12.0. The molecule has 0 amide bonds. The molecule has 9 heteroatoms. The summed E-state index contributed by atoms with van der Waals surface area (Å²) in [6.45, 7) is 0.339. The molecule has 1 unspecified atom stereocenters. The van der Waals surface area contributed by atoms with E-state index in [2.05, 4.69) is 25.3 Å². The molecule has 0 bridgehead atoms. The van der Waals surface area contributed by atoms with Gasteiger partial charge in [0.05, 0.1) is 25.7 Å². The predicted molar refractivity (Wildman–Crippen MR) is 124 cm³/mol. The first-order valence-electron chi connectivity index (χ1n) is 8.96. The van der Waals surface area contributed by atoms with Crippen LogP contribution in [0.5, 0.6) is 11.5 Å². The molecule has 30 heavy (non-hydrogen) atoms. The first-order chi connectivity index (χ1) is 14.6. The van der Waals surface area contributed by atoms with E-state index in [0.717, 1.165) is 20.8 Å². The molecule has 0 N–H and O–H groups in total. The summed E-state index contributed by atoms with van der Waals surface area (Å²) >= 11 is 4.76. The average Bonchev–Trinajstić information content (AvgIpc) is 3.31. The monoisotopic (exact) mass is 503 g/mol. The lowest BCUT2D eigenvalue weighted by Gasteiger charge is -2.22. The number of methoxy groups -OCH3 is 2. The molecule has 0 aliphatic rings. The fourth-order valence-corrected chi connectivity index (χ4v) is 5.44. The molecule has 0 saturated heterocycles. The topological polar surface area (TPSA) is 64.5 Å². The zero-order valence-corrected chi connectivity index (χ0v) is 19.5. The molecule has 0 aliphatic carbocycles. The molecule has 0 radical (unpaired) electrons. The van der Waals surface area contributed by atoms with Gasteiger partial charge in [-0.2, -0.15) is 4.37 Å². The highest BCUT2D eigenvalue weighted by Gasteiger charge is 2.22. The highest BCUT2D eigenvalue weighted by molar-refractivity contribution is 9.10. The van der Waals surface area contributed by atoms with E-state index < -0.39 is 11.0 Å². The van der Waals surface area contributed by atoms with Crippen LogP contribution in [-0.4, -0.2) is 27.8 Å². The van der Waals surface area contributed by atoms with E-state index in [0.29, 0.717) is 28.1 Å². The third kappa shape index (κ3) is 4.19. The first kappa shape index (κ1) is 20.8. The Kier molecular flexibility index (Phi) is 6.31. The number of halogens is 1. The lowest BCUT2D eigenvalue weighted by atomic mass is 10.1. The van der Waals surface area contributed by atoms with E-state index in [1.54, 1.807) is 18.5 Å². The highest BCUT2D eigenvalue weighted by atomic mass is 79.9. The Hall–Kier alpha value is -2.49. The van der Waals surface area contributed by atoms with Gasteiger partial charge in [-0.1, -0.05) is 34.1 Å². The van der Waals surface area contributed by atoms with Gasteiger partial charge >= 0.3 is 0 Å². The van der Waals surface area contributed by atoms with E-state index in [4.69, 9.17) is 9.47 Å². The van der Waals surface area contributed by atoms with Gasteiger partial charge in [0.15, 0.2) is 11.0 Å². The number of anilines is 1. The molecule has 4 rings (SSSR count). The number of ether oxygens (including phenoxy) is 2. The van der Waals surface area contributed by atoms with E-state index in [-0.39, 0.29) is 0 Å². The zero-order valence-electron chi connectivity index (χ0n) is 16.2. The van der Waals surface area contributed by atoms with Gasteiger partial charge in [0.25, 0.3) is 0 Å². The van der Waals surface area contributed by atoms with Crippen molar-refractivity contribution in [3.8, 4) is 11.5 Å². The van der Waals surface area contributed by atoms with Gasteiger partial charge in [0.2, 0.25) is 5.13 Å². The second-order valence-corrected chi connectivity index (χ2v) is 9.33. The van der Waals surface area contributed by atoms with Crippen LogP contribution in [0.15, 0.2) is 70.3 Å². The van der Waals surface area contributed by atoms with Crippen molar-refractivity contribution < 1.29 is 13.7 Å². The Morgan fingerprint density at radius 2 is 1.97 bits per heavy atom. The predicted octanol–water partition coefficient (Wildman–Crippen LogP) is 5.20. The third-order valence-electron chi connectivity index (χ3n) is 4.57. The molecule has 4 aromatic rings. The van der Waals surface area contributed by atoms with Crippen molar-refractivity contribution in [2.24, 2.45) is 0 Å². The van der Waals surface area contributed by atoms with E-state index >= 15 is 0 Å². The van der Waals surface area contributed by atoms with Crippen molar-refractivity contribution in [3.63, 3.8) is 0 Å². The number of hydrogen-bond acceptors (Lipinski definition) is 6. The van der Waals surface area contributed by atoms with Crippen LogP contribution in [0.3, 0.4) is 0 Å². The van der Waals surface area contributed by atoms with E-state index in [1.165, 1.54) is 17.9 Å². The summed E-state index contributed by atoms with van der Waals surface area (Å²) in [4.78, 5) is 4.98. The summed E-state index contributed by atoms with van der Waals surface area (Å²) in [5.41, 5.74) is 0.866. The number of fused-ring (bicyclic) bond motifs is 1. The van der Waals surface area contributed by atoms with Crippen molar-refractivity contribution in [1.29, 1.82) is 0 Å². The minimum atomic E-state index is -1.49. The number of aromatic nitrogens is 2.